The van der Waals surface area contributed by atoms with Gasteiger partial charge in [0.1, 0.15) is 0 Å². The summed E-state index contributed by atoms with van der Waals surface area (Å²) in [7, 11) is -3.75. The van der Waals surface area contributed by atoms with Gasteiger partial charge >= 0.3 is 0 Å². The second-order valence-corrected chi connectivity index (χ2v) is 7.20. The Morgan fingerprint density at radius 2 is 1.74 bits per heavy atom. The molecular weight excluding hydrogens is 312 g/mol. The molecule has 1 aliphatic rings. The summed E-state index contributed by atoms with van der Waals surface area (Å²) in [4.78, 5) is 12.4. The predicted octanol–water partition coefficient (Wildman–Crippen LogP) is 2.18. The first-order valence-electron chi connectivity index (χ1n) is 7.49. The van der Waals surface area contributed by atoms with E-state index in [2.05, 4.69) is 5.32 Å². The van der Waals surface area contributed by atoms with E-state index in [0.717, 1.165) is 5.56 Å². The highest BCUT2D eigenvalue weighted by Gasteiger charge is 2.36. The minimum atomic E-state index is -3.75. The monoisotopic (exact) mass is 330 g/mol. The molecule has 2 aromatic carbocycles. The van der Waals surface area contributed by atoms with Crippen molar-refractivity contribution in [3.05, 3.63) is 65.7 Å². The first kappa shape index (κ1) is 15.7. The van der Waals surface area contributed by atoms with Crippen LogP contribution in [0.3, 0.4) is 0 Å². The minimum Gasteiger partial charge on any atom is -0.350 e. The number of benzene rings is 2. The van der Waals surface area contributed by atoms with Gasteiger partial charge in [-0.25, -0.2) is 8.42 Å². The van der Waals surface area contributed by atoms with E-state index in [0.29, 0.717) is 6.54 Å². The van der Waals surface area contributed by atoms with Crippen molar-refractivity contribution in [2.75, 3.05) is 13.1 Å². The van der Waals surface area contributed by atoms with Crippen LogP contribution in [0.2, 0.25) is 0 Å². The number of rotatable bonds is 2. The van der Waals surface area contributed by atoms with Crippen LogP contribution < -0.4 is 5.32 Å². The Labute approximate surface area is 136 Å². The van der Waals surface area contributed by atoms with Crippen molar-refractivity contribution in [1.29, 1.82) is 0 Å². The van der Waals surface area contributed by atoms with Crippen LogP contribution >= 0.6 is 0 Å². The van der Waals surface area contributed by atoms with Gasteiger partial charge < -0.3 is 5.32 Å². The van der Waals surface area contributed by atoms with Crippen molar-refractivity contribution in [3.63, 3.8) is 0 Å². The van der Waals surface area contributed by atoms with E-state index in [1.54, 1.807) is 25.1 Å². The lowest BCUT2D eigenvalue weighted by Gasteiger charge is -2.33. The maximum atomic E-state index is 13.1. The van der Waals surface area contributed by atoms with Crippen molar-refractivity contribution in [1.82, 2.24) is 9.62 Å². The van der Waals surface area contributed by atoms with E-state index in [1.165, 1.54) is 10.4 Å². The number of fused-ring (bicyclic) bond motifs is 1. The molecule has 2 aromatic rings. The first-order chi connectivity index (χ1) is 11.1. The fourth-order valence-electron chi connectivity index (χ4n) is 2.91. The quantitative estimate of drug-likeness (QED) is 0.918. The molecule has 1 unspecified atom stereocenters. The molecule has 1 amide bonds. The molecule has 1 N–H and O–H groups in total. The maximum Gasteiger partial charge on any atom is 0.252 e. The van der Waals surface area contributed by atoms with Crippen molar-refractivity contribution >= 4 is 15.9 Å². The molecule has 0 aliphatic carbocycles. The lowest BCUT2D eigenvalue weighted by molar-refractivity contribution is 0.0937. The molecule has 0 radical (unpaired) electrons. The van der Waals surface area contributed by atoms with Gasteiger partial charge in [0.2, 0.25) is 10.0 Å². The third-order valence-electron chi connectivity index (χ3n) is 4.02. The Balaban J connectivity index is 2.17. The minimum absolute atomic E-state index is 0.0555. The van der Waals surface area contributed by atoms with Crippen LogP contribution in [0.5, 0.6) is 0 Å². The Morgan fingerprint density at radius 1 is 1.09 bits per heavy atom. The molecule has 0 saturated heterocycles. The van der Waals surface area contributed by atoms with E-state index in [1.807, 2.05) is 30.3 Å². The molecule has 0 saturated carbocycles. The van der Waals surface area contributed by atoms with Gasteiger partial charge in [0.05, 0.1) is 16.5 Å². The van der Waals surface area contributed by atoms with Crippen molar-refractivity contribution < 1.29 is 13.2 Å². The molecule has 1 aliphatic heterocycles. The second-order valence-electron chi connectivity index (χ2n) is 5.34. The second kappa shape index (κ2) is 6.14. The SMILES string of the molecule is CCN1C(c2ccccc2)CNC(=O)c2ccccc2S1(=O)=O. The molecule has 0 aromatic heterocycles. The summed E-state index contributed by atoms with van der Waals surface area (Å²) in [5.74, 6) is -0.360. The van der Waals surface area contributed by atoms with E-state index in [9.17, 15) is 13.2 Å². The molecule has 5 nitrogen and oxygen atoms in total. The summed E-state index contributed by atoms with van der Waals surface area (Å²) in [5, 5.41) is 2.85. The number of hydrogen-bond donors (Lipinski definition) is 1. The fourth-order valence-corrected chi connectivity index (χ4v) is 4.72. The maximum absolute atomic E-state index is 13.1. The number of carbonyl (C=O) groups is 1. The van der Waals surface area contributed by atoms with Gasteiger partial charge in [0, 0.05) is 13.1 Å². The number of amides is 1. The molecule has 23 heavy (non-hydrogen) atoms. The zero-order valence-corrected chi connectivity index (χ0v) is 13.6. The van der Waals surface area contributed by atoms with Crippen molar-refractivity contribution in [2.45, 2.75) is 17.9 Å². The lowest BCUT2D eigenvalue weighted by atomic mass is 10.1. The van der Waals surface area contributed by atoms with Crippen molar-refractivity contribution in [3.8, 4) is 0 Å². The molecule has 0 fully saturated rings. The summed E-state index contributed by atoms with van der Waals surface area (Å²) in [6.07, 6.45) is 0. The van der Waals surface area contributed by atoms with Crippen LogP contribution in [-0.4, -0.2) is 31.7 Å². The number of hydrogen-bond acceptors (Lipinski definition) is 3. The number of nitrogens with zero attached hydrogens (tertiary/aromatic N) is 1. The predicted molar refractivity (Wildman–Crippen MR) is 87.5 cm³/mol. The standard InChI is InChI=1S/C17H18N2O3S/c1-2-19-15(13-8-4-3-5-9-13)12-18-17(20)14-10-6-7-11-16(14)23(19,21)22/h3-11,15H,2,12H2,1H3,(H,18,20). The molecule has 120 valence electrons. The topological polar surface area (TPSA) is 66.5 Å². The fraction of sp³-hybridized carbons (Fsp3) is 0.235. The van der Waals surface area contributed by atoms with Gasteiger partial charge in [-0.1, -0.05) is 49.4 Å². The van der Waals surface area contributed by atoms with Gasteiger partial charge in [-0.2, -0.15) is 4.31 Å². The average Bonchev–Trinajstić information content (AvgIpc) is 2.58. The first-order valence-corrected chi connectivity index (χ1v) is 8.93. The van der Waals surface area contributed by atoms with E-state index >= 15 is 0 Å². The highest BCUT2D eigenvalue weighted by atomic mass is 32.2. The van der Waals surface area contributed by atoms with Gasteiger partial charge in [-0.05, 0) is 17.7 Å². The van der Waals surface area contributed by atoms with Crippen molar-refractivity contribution in [2.24, 2.45) is 0 Å². The Kier molecular flexibility index (Phi) is 4.19. The number of nitrogens with one attached hydrogen (secondary N) is 1. The summed E-state index contributed by atoms with van der Waals surface area (Å²) in [6, 6.07) is 15.3. The Hall–Kier alpha value is -2.18. The van der Waals surface area contributed by atoms with Crippen LogP contribution in [0.1, 0.15) is 28.9 Å². The molecule has 1 heterocycles. The van der Waals surface area contributed by atoms with Crippen LogP contribution in [0.4, 0.5) is 0 Å². The van der Waals surface area contributed by atoms with Crippen LogP contribution in [0, 0.1) is 0 Å². The summed E-state index contributed by atoms with van der Waals surface area (Å²) < 4.78 is 27.6. The molecular formula is C17H18N2O3S. The molecule has 6 heteroatoms. The van der Waals surface area contributed by atoms with Crippen LogP contribution in [-0.2, 0) is 10.0 Å². The Morgan fingerprint density at radius 3 is 2.43 bits per heavy atom. The normalized spacial score (nSPS) is 20.9. The Bertz CT molecular complexity index is 819. The highest BCUT2D eigenvalue weighted by Crippen LogP contribution is 2.30. The molecule has 0 spiro atoms. The van der Waals surface area contributed by atoms with E-state index < -0.39 is 16.1 Å². The third-order valence-corrected chi connectivity index (χ3v) is 6.06. The van der Waals surface area contributed by atoms with Gasteiger partial charge in [0.25, 0.3) is 5.91 Å². The number of likely N-dealkylation sites (N-methyl/N-ethyl adjacent to an activating group) is 1. The molecule has 1 atom stereocenters. The van der Waals surface area contributed by atoms with Gasteiger partial charge in [0.15, 0.2) is 0 Å². The zero-order chi connectivity index (χ0) is 16.4. The highest BCUT2D eigenvalue weighted by molar-refractivity contribution is 7.89. The van der Waals surface area contributed by atoms with E-state index in [-0.39, 0.29) is 22.9 Å². The zero-order valence-electron chi connectivity index (χ0n) is 12.8. The van der Waals surface area contributed by atoms with Gasteiger partial charge in [-0.3, -0.25) is 4.79 Å². The lowest BCUT2D eigenvalue weighted by Crippen LogP contribution is -2.44. The van der Waals surface area contributed by atoms with Crippen LogP contribution in [0.25, 0.3) is 0 Å². The summed E-state index contributed by atoms with van der Waals surface area (Å²) in [5.41, 5.74) is 1.05. The average molecular weight is 330 g/mol. The summed E-state index contributed by atoms with van der Waals surface area (Å²) >= 11 is 0. The smallest absolute Gasteiger partial charge is 0.252 e. The van der Waals surface area contributed by atoms with Gasteiger partial charge in [-0.15, -0.1) is 0 Å². The van der Waals surface area contributed by atoms with Crippen LogP contribution in [0.15, 0.2) is 59.5 Å². The largest absolute Gasteiger partial charge is 0.350 e. The molecule has 3 rings (SSSR count). The number of carbonyl (C=O) groups excluding carboxylic acids is 1. The summed E-state index contributed by atoms with van der Waals surface area (Å²) in [6.45, 7) is 2.37. The van der Waals surface area contributed by atoms with E-state index in [4.69, 9.17) is 0 Å². The molecule has 0 bridgehead atoms. The number of sulfonamides is 1. The third kappa shape index (κ3) is 2.75.